The highest BCUT2D eigenvalue weighted by molar-refractivity contribution is 5.82. The van der Waals surface area contributed by atoms with Crippen LogP contribution >= 0.6 is 0 Å². The van der Waals surface area contributed by atoms with Crippen molar-refractivity contribution >= 4 is 12.0 Å². The van der Waals surface area contributed by atoms with Gasteiger partial charge in [-0.25, -0.2) is 9.59 Å². The molecule has 0 aromatic rings. The van der Waals surface area contributed by atoms with E-state index < -0.39 is 23.6 Å². The number of carboxylic acids is 1. The first kappa shape index (κ1) is 15.8. The predicted molar refractivity (Wildman–Crippen MR) is 70.8 cm³/mol. The van der Waals surface area contributed by atoms with Crippen molar-refractivity contribution in [3.63, 3.8) is 0 Å². The van der Waals surface area contributed by atoms with Crippen molar-refractivity contribution in [1.82, 2.24) is 10.2 Å². The molecule has 0 aliphatic heterocycles. The Morgan fingerprint density at radius 1 is 1.32 bits per heavy atom. The zero-order valence-electron chi connectivity index (χ0n) is 11.8. The average Bonchev–Trinajstić information content (AvgIpc) is 2.71. The Morgan fingerprint density at radius 2 is 1.84 bits per heavy atom. The Hall–Kier alpha value is -1.30. The number of carbonyl (C=O) groups excluding carboxylic acids is 1. The number of nitrogens with zero attached hydrogens (tertiary/aromatic N) is 1. The summed E-state index contributed by atoms with van der Waals surface area (Å²) in [5.74, 6) is -1.24. The molecular weight excluding hydrogens is 248 g/mol. The molecule has 6 heteroatoms. The van der Waals surface area contributed by atoms with Gasteiger partial charge in [-0.1, -0.05) is 26.7 Å². The molecule has 1 rings (SSSR count). The fraction of sp³-hybridized carbons (Fsp3) is 0.846. The van der Waals surface area contributed by atoms with Crippen LogP contribution in [0.1, 0.15) is 39.5 Å². The SMILES string of the molecule is CC(C)[C@@H](NC(=O)N(C)CC1(O)CCCC1)C(=O)O. The summed E-state index contributed by atoms with van der Waals surface area (Å²) in [7, 11) is 1.57. The van der Waals surface area contributed by atoms with Crippen molar-refractivity contribution in [2.75, 3.05) is 13.6 Å². The summed E-state index contributed by atoms with van der Waals surface area (Å²) < 4.78 is 0. The first-order valence-corrected chi connectivity index (χ1v) is 6.72. The fourth-order valence-electron chi connectivity index (χ4n) is 2.46. The molecular formula is C13H24N2O4. The van der Waals surface area contributed by atoms with Gasteiger partial charge in [0.1, 0.15) is 6.04 Å². The van der Waals surface area contributed by atoms with Gasteiger partial charge in [-0.05, 0) is 18.8 Å². The van der Waals surface area contributed by atoms with Crippen LogP contribution in [-0.4, -0.2) is 52.3 Å². The van der Waals surface area contributed by atoms with Crippen LogP contribution in [0.5, 0.6) is 0 Å². The smallest absolute Gasteiger partial charge is 0.326 e. The molecule has 0 radical (unpaired) electrons. The molecule has 110 valence electrons. The summed E-state index contributed by atoms with van der Waals surface area (Å²) in [6.07, 6.45) is 3.32. The molecule has 6 nitrogen and oxygen atoms in total. The highest BCUT2D eigenvalue weighted by Gasteiger charge is 2.34. The molecule has 1 atom stereocenters. The molecule has 2 amide bonds. The maximum atomic E-state index is 11.9. The lowest BCUT2D eigenvalue weighted by Gasteiger charge is -2.30. The predicted octanol–water partition coefficient (Wildman–Crippen LogP) is 1.04. The number of aliphatic hydroxyl groups is 1. The third-order valence-corrected chi connectivity index (χ3v) is 3.62. The second kappa shape index (κ2) is 6.23. The van der Waals surface area contributed by atoms with Gasteiger partial charge >= 0.3 is 12.0 Å². The van der Waals surface area contributed by atoms with Gasteiger partial charge in [-0.3, -0.25) is 0 Å². The molecule has 19 heavy (non-hydrogen) atoms. The minimum absolute atomic E-state index is 0.190. The van der Waals surface area contributed by atoms with E-state index in [1.54, 1.807) is 20.9 Å². The number of hydrogen-bond donors (Lipinski definition) is 3. The number of urea groups is 1. The van der Waals surface area contributed by atoms with E-state index in [4.69, 9.17) is 5.11 Å². The second-order valence-corrected chi connectivity index (χ2v) is 5.80. The highest BCUT2D eigenvalue weighted by Crippen LogP contribution is 2.29. The minimum Gasteiger partial charge on any atom is -0.480 e. The van der Waals surface area contributed by atoms with E-state index in [0.29, 0.717) is 12.8 Å². The Labute approximate surface area is 113 Å². The maximum Gasteiger partial charge on any atom is 0.326 e. The van der Waals surface area contributed by atoms with Crippen LogP contribution in [0.4, 0.5) is 4.79 Å². The van der Waals surface area contributed by atoms with Crippen molar-refractivity contribution < 1.29 is 19.8 Å². The molecule has 0 spiro atoms. The van der Waals surface area contributed by atoms with E-state index in [1.807, 2.05) is 0 Å². The number of amides is 2. The molecule has 0 saturated heterocycles. The van der Waals surface area contributed by atoms with Gasteiger partial charge in [0.05, 0.1) is 12.1 Å². The van der Waals surface area contributed by atoms with Gasteiger partial charge in [-0.15, -0.1) is 0 Å². The monoisotopic (exact) mass is 272 g/mol. The lowest BCUT2D eigenvalue weighted by Crippen LogP contribution is -2.52. The summed E-state index contributed by atoms with van der Waals surface area (Å²) in [5, 5.41) is 21.7. The summed E-state index contributed by atoms with van der Waals surface area (Å²) in [5.41, 5.74) is -0.817. The van der Waals surface area contributed by atoms with Crippen molar-refractivity contribution in [3.05, 3.63) is 0 Å². The largest absolute Gasteiger partial charge is 0.480 e. The van der Waals surface area contributed by atoms with Gasteiger partial charge in [0, 0.05) is 7.05 Å². The molecule has 0 aromatic heterocycles. The molecule has 3 N–H and O–H groups in total. The molecule has 0 heterocycles. The quantitative estimate of drug-likeness (QED) is 0.697. The first-order chi connectivity index (χ1) is 8.75. The number of carboxylic acid groups (broad SMARTS) is 1. The van der Waals surface area contributed by atoms with Crippen LogP contribution in [0.15, 0.2) is 0 Å². The lowest BCUT2D eigenvalue weighted by molar-refractivity contribution is -0.140. The molecule has 0 bridgehead atoms. The molecule has 1 fully saturated rings. The maximum absolute atomic E-state index is 11.9. The molecule has 1 aliphatic rings. The van der Waals surface area contributed by atoms with Crippen molar-refractivity contribution in [2.24, 2.45) is 5.92 Å². The van der Waals surface area contributed by atoms with Gasteiger partial charge < -0.3 is 20.4 Å². The van der Waals surface area contributed by atoms with Crippen LogP contribution in [-0.2, 0) is 4.79 Å². The number of rotatable bonds is 5. The molecule has 1 aliphatic carbocycles. The summed E-state index contributed by atoms with van der Waals surface area (Å²) in [4.78, 5) is 24.3. The molecule has 1 saturated carbocycles. The summed E-state index contributed by atoms with van der Waals surface area (Å²) in [6, 6.07) is -1.37. The van der Waals surface area contributed by atoms with Crippen molar-refractivity contribution in [1.29, 1.82) is 0 Å². The van der Waals surface area contributed by atoms with Crippen LogP contribution in [0.2, 0.25) is 0 Å². The van der Waals surface area contributed by atoms with Crippen molar-refractivity contribution in [2.45, 2.75) is 51.2 Å². The third kappa shape index (κ3) is 4.38. The van der Waals surface area contributed by atoms with E-state index >= 15 is 0 Å². The van der Waals surface area contributed by atoms with Crippen LogP contribution in [0.25, 0.3) is 0 Å². The van der Waals surface area contributed by atoms with Gasteiger partial charge in [0.15, 0.2) is 0 Å². The van der Waals surface area contributed by atoms with E-state index in [0.717, 1.165) is 12.8 Å². The van der Waals surface area contributed by atoms with E-state index in [1.165, 1.54) is 4.90 Å². The highest BCUT2D eigenvalue weighted by atomic mass is 16.4. The Morgan fingerprint density at radius 3 is 2.26 bits per heavy atom. The Bertz CT molecular complexity index is 338. The van der Waals surface area contributed by atoms with E-state index in [9.17, 15) is 14.7 Å². The Balaban J connectivity index is 2.54. The Kier molecular flexibility index (Phi) is 5.17. The number of carbonyl (C=O) groups is 2. The van der Waals surface area contributed by atoms with Crippen LogP contribution in [0, 0.1) is 5.92 Å². The van der Waals surface area contributed by atoms with Crippen LogP contribution in [0.3, 0.4) is 0 Å². The second-order valence-electron chi connectivity index (χ2n) is 5.80. The average molecular weight is 272 g/mol. The number of nitrogens with one attached hydrogen (secondary N) is 1. The fourth-order valence-corrected chi connectivity index (χ4v) is 2.46. The summed E-state index contributed by atoms with van der Waals surface area (Å²) in [6.45, 7) is 3.72. The van der Waals surface area contributed by atoms with Gasteiger partial charge in [0.25, 0.3) is 0 Å². The third-order valence-electron chi connectivity index (χ3n) is 3.62. The lowest BCUT2D eigenvalue weighted by atomic mass is 10.0. The van der Waals surface area contributed by atoms with E-state index in [-0.39, 0.29) is 12.5 Å². The number of likely N-dealkylation sites (N-methyl/N-ethyl adjacent to an activating group) is 1. The zero-order chi connectivity index (χ0) is 14.6. The summed E-state index contributed by atoms with van der Waals surface area (Å²) >= 11 is 0. The normalized spacial score (nSPS) is 19.2. The van der Waals surface area contributed by atoms with Crippen LogP contribution < -0.4 is 5.32 Å². The topological polar surface area (TPSA) is 89.9 Å². The van der Waals surface area contributed by atoms with E-state index in [2.05, 4.69) is 5.32 Å². The first-order valence-electron chi connectivity index (χ1n) is 6.72. The van der Waals surface area contributed by atoms with Gasteiger partial charge in [0.2, 0.25) is 0 Å². The molecule has 0 aromatic carbocycles. The van der Waals surface area contributed by atoms with Gasteiger partial charge in [-0.2, -0.15) is 0 Å². The zero-order valence-corrected chi connectivity index (χ0v) is 11.8. The number of aliphatic carboxylic acids is 1. The van der Waals surface area contributed by atoms with Crippen molar-refractivity contribution in [3.8, 4) is 0 Å². The standard InChI is InChI=1S/C13H24N2O4/c1-9(2)10(11(16)17)14-12(18)15(3)8-13(19)6-4-5-7-13/h9-10,19H,4-8H2,1-3H3,(H,14,18)(H,16,17)/t10-/m1/s1. The molecule has 0 unspecified atom stereocenters. The number of hydrogen-bond acceptors (Lipinski definition) is 3. The minimum atomic E-state index is -1.05.